The quantitative estimate of drug-likeness (QED) is 0.320. The lowest BCUT2D eigenvalue weighted by Gasteiger charge is -2.33. The van der Waals surface area contributed by atoms with Gasteiger partial charge in [0.25, 0.3) is 10.0 Å². The van der Waals surface area contributed by atoms with Crippen LogP contribution in [0, 0.1) is 13.8 Å². The Morgan fingerprint density at radius 3 is 1.98 bits per heavy atom. The molecule has 0 unspecified atom stereocenters. The highest BCUT2D eigenvalue weighted by molar-refractivity contribution is 7.92. The van der Waals surface area contributed by atoms with Gasteiger partial charge in [-0.3, -0.25) is 13.9 Å². The number of nitrogens with one attached hydrogen (secondary N) is 1. The third kappa shape index (κ3) is 7.63. The summed E-state index contributed by atoms with van der Waals surface area (Å²) in [4.78, 5) is 28.7. The van der Waals surface area contributed by atoms with Gasteiger partial charge in [0.2, 0.25) is 11.8 Å². The van der Waals surface area contributed by atoms with E-state index in [9.17, 15) is 18.0 Å². The van der Waals surface area contributed by atoms with Gasteiger partial charge in [-0.2, -0.15) is 0 Å². The Labute approximate surface area is 238 Å². The van der Waals surface area contributed by atoms with Gasteiger partial charge in [-0.05, 0) is 68.7 Å². The van der Waals surface area contributed by atoms with Crippen molar-refractivity contribution in [3.05, 3.63) is 89.5 Å². The molecule has 0 bridgehead atoms. The van der Waals surface area contributed by atoms with Crippen LogP contribution in [-0.2, 0) is 26.2 Å². The second-order valence-electron chi connectivity index (χ2n) is 9.75. The van der Waals surface area contributed by atoms with E-state index in [0.717, 1.165) is 27.4 Å². The zero-order chi connectivity index (χ0) is 29.3. The van der Waals surface area contributed by atoms with Crippen molar-refractivity contribution >= 4 is 27.5 Å². The number of aryl methyl sites for hydroxylation is 2. The number of benzene rings is 3. The summed E-state index contributed by atoms with van der Waals surface area (Å²) >= 11 is 0. The van der Waals surface area contributed by atoms with Gasteiger partial charge < -0.3 is 15.0 Å². The van der Waals surface area contributed by atoms with E-state index in [4.69, 9.17) is 4.74 Å². The van der Waals surface area contributed by atoms with E-state index in [1.54, 1.807) is 36.4 Å². The molecule has 3 rings (SSSR count). The largest absolute Gasteiger partial charge is 0.497 e. The van der Waals surface area contributed by atoms with E-state index < -0.39 is 28.5 Å². The molecule has 0 spiro atoms. The van der Waals surface area contributed by atoms with E-state index in [1.165, 1.54) is 24.1 Å². The maximum atomic E-state index is 14.0. The zero-order valence-electron chi connectivity index (χ0n) is 23.9. The molecule has 0 aromatic heterocycles. The smallest absolute Gasteiger partial charge is 0.264 e. The Hall–Kier alpha value is -3.85. The molecule has 0 radical (unpaired) electrons. The van der Waals surface area contributed by atoms with Crippen LogP contribution in [0.2, 0.25) is 0 Å². The Bertz CT molecular complexity index is 1370. The third-order valence-corrected chi connectivity index (χ3v) is 8.45. The summed E-state index contributed by atoms with van der Waals surface area (Å²) < 4.78 is 34.1. The molecule has 0 saturated heterocycles. The average Bonchev–Trinajstić information content (AvgIpc) is 2.96. The van der Waals surface area contributed by atoms with Gasteiger partial charge in [0.1, 0.15) is 18.3 Å². The number of carbonyl (C=O) groups excluding carboxylic acids is 2. The number of carbonyl (C=O) groups is 2. The minimum atomic E-state index is -4.14. The molecule has 0 aliphatic carbocycles. The van der Waals surface area contributed by atoms with E-state index in [0.29, 0.717) is 24.4 Å². The number of sulfonamides is 1. The molecule has 1 atom stereocenters. The summed E-state index contributed by atoms with van der Waals surface area (Å²) in [7, 11) is -2.63. The molecule has 3 aromatic rings. The lowest BCUT2D eigenvalue weighted by molar-refractivity contribution is -0.140. The Morgan fingerprint density at radius 2 is 1.45 bits per heavy atom. The highest BCUT2D eigenvalue weighted by atomic mass is 32.2. The molecule has 40 heavy (non-hydrogen) atoms. The van der Waals surface area contributed by atoms with Crippen molar-refractivity contribution in [3.63, 3.8) is 0 Å². The summed E-state index contributed by atoms with van der Waals surface area (Å²) in [6, 6.07) is 20.0. The van der Waals surface area contributed by atoms with Crippen LogP contribution in [0.1, 0.15) is 43.4 Å². The highest BCUT2D eigenvalue weighted by Gasteiger charge is 2.33. The normalized spacial score (nSPS) is 11.9. The number of nitrogens with zero attached hydrogens (tertiary/aromatic N) is 2. The van der Waals surface area contributed by atoms with Crippen LogP contribution in [0.5, 0.6) is 5.75 Å². The van der Waals surface area contributed by atoms with E-state index >= 15 is 0 Å². The van der Waals surface area contributed by atoms with Gasteiger partial charge in [0.15, 0.2) is 0 Å². The number of hydrogen-bond acceptors (Lipinski definition) is 5. The fraction of sp³-hybridized carbons (Fsp3) is 0.355. The maximum Gasteiger partial charge on any atom is 0.264 e. The first-order valence-corrected chi connectivity index (χ1v) is 14.9. The number of hydrogen-bond donors (Lipinski definition) is 1. The van der Waals surface area contributed by atoms with Crippen molar-refractivity contribution in [3.8, 4) is 5.75 Å². The van der Waals surface area contributed by atoms with Gasteiger partial charge in [-0.1, -0.05) is 61.4 Å². The fourth-order valence-corrected chi connectivity index (χ4v) is 5.70. The molecular formula is C31H39N3O5S. The number of anilines is 1. The molecule has 0 fully saturated rings. The number of amides is 2. The molecule has 0 aliphatic heterocycles. The topological polar surface area (TPSA) is 96.0 Å². The molecule has 214 valence electrons. The van der Waals surface area contributed by atoms with E-state index in [-0.39, 0.29) is 17.3 Å². The van der Waals surface area contributed by atoms with Gasteiger partial charge >= 0.3 is 0 Å². The Kier molecular flexibility index (Phi) is 10.7. The molecule has 3 aromatic carbocycles. The fourth-order valence-electron chi connectivity index (χ4n) is 4.29. The number of rotatable bonds is 13. The monoisotopic (exact) mass is 565 g/mol. The standard InChI is InChI=1S/C31H39N3O5S/c1-6-20-32-31(36)29(7-2)33(21-25-12-8-23(3)9-13-25)30(35)22-34(26-14-10-24(4)11-15-26)40(37,38)28-18-16-27(39-5)17-19-28/h8-19,29H,6-7,20-22H2,1-5H3,(H,32,36)/t29-/m1/s1. The predicted octanol–water partition coefficient (Wildman–Crippen LogP) is 4.84. The van der Waals surface area contributed by atoms with Crippen molar-refractivity contribution < 1.29 is 22.7 Å². The van der Waals surface area contributed by atoms with Crippen LogP contribution in [0.25, 0.3) is 0 Å². The minimum Gasteiger partial charge on any atom is -0.497 e. The first-order chi connectivity index (χ1) is 19.1. The van der Waals surface area contributed by atoms with Crippen LogP contribution >= 0.6 is 0 Å². The molecule has 0 aliphatic rings. The van der Waals surface area contributed by atoms with Crippen LogP contribution in [0.15, 0.2) is 77.7 Å². The molecule has 0 saturated carbocycles. The minimum absolute atomic E-state index is 0.0273. The van der Waals surface area contributed by atoms with E-state index in [2.05, 4.69) is 5.32 Å². The lowest BCUT2D eigenvalue weighted by Crippen LogP contribution is -2.52. The maximum absolute atomic E-state index is 14.0. The second-order valence-corrected chi connectivity index (χ2v) is 11.6. The van der Waals surface area contributed by atoms with Gasteiger partial charge in [0, 0.05) is 13.1 Å². The van der Waals surface area contributed by atoms with E-state index in [1.807, 2.05) is 52.0 Å². The van der Waals surface area contributed by atoms with Crippen molar-refractivity contribution in [2.45, 2.75) is 58.0 Å². The van der Waals surface area contributed by atoms with Gasteiger partial charge in [-0.25, -0.2) is 8.42 Å². The summed E-state index contributed by atoms with van der Waals surface area (Å²) in [6.45, 7) is 7.87. The summed E-state index contributed by atoms with van der Waals surface area (Å²) in [5, 5.41) is 2.90. The highest BCUT2D eigenvalue weighted by Crippen LogP contribution is 2.26. The summed E-state index contributed by atoms with van der Waals surface area (Å²) in [6.07, 6.45) is 1.14. The Morgan fingerprint density at radius 1 is 0.875 bits per heavy atom. The first-order valence-electron chi connectivity index (χ1n) is 13.5. The van der Waals surface area contributed by atoms with Crippen molar-refractivity contribution in [2.75, 3.05) is 24.5 Å². The molecule has 2 amide bonds. The average molecular weight is 566 g/mol. The Balaban J connectivity index is 2.04. The predicted molar refractivity (Wildman–Crippen MR) is 158 cm³/mol. The molecule has 0 heterocycles. The molecule has 1 N–H and O–H groups in total. The SMILES string of the molecule is CCCNC(=O)[C@@H](CC)N(Cc1ccc(C)cc1)C(=O)CN(c1ccc(C)cc1)S(=O)(=O)c1ccc(OC)cc1. The second kappa shape index (κ2) is 14.0. The van der Waals surface area contributed by atoms with Crippen molar-refractivity contribution in [1.82, 2.24) is 10.2 Å². The summed E-state index contributed by atoms with van der Waals surface area (Å²) in [5.41, 5.74) is 3.23. The van der Waals surface area contributed by atoms with Crippen LogP contribution < -0.4 is 14.4 Å². The molecule has 9 heteroatoms. The van der Waals surface area contributed by atoms with Gasteiger partial charge in [-0.15, -0.1) is 0 Å². The van der Waals surface area contributed by atoms with Crippen molar-refractivity contribution in [1.29, 1.82) is 0 Å². The zero-order valence-corrected chi connectivity index (χ0v) is 24.7. The van der Waals surface area contributed by atoms with Crippen LogP contribution in [-0.4, -0.2) is 51.4 Å². The summed E-state index contributed by atoms with van der Waals surface area (Å²) in [5.74, 6) is -0.216. The van der Waals surface area contributed by atoms with Gasteiger partial charge in [0.05, 0.1) is 17.7 Å². The lowest BCUT2D eigenvalue weighted by atomic mass is 10.1. The van der Waals surface area contributed by atoms with Crippen molar-refractivity contribution in [2.24, 2.45) is 0 Å². The van der Waals surface area contributed by atoms with Crippen LogP contribution in [0.3, 0.4) is 0 Å². The molecule has 8 nitrogen and oxygen atoms in total. The first kappa shape index (κ1) is 30.7. The number of methoxy groups -OCH3 is 1. The third-order valence-electron chi connectivity index (χ3n) is 6.66. The van der Waals surface area contributed by atoms with Crippen LogP contribution in [0.4, 0.5) is 5.69 Å². The number of ether oxygens (including phenoxy) is 1. The molecular weight excluding hydrogens is 526 g/mol.